The van der Waals surface area contributed by atoms with Gasteiger partial charge in [-0.15, -0.1) is 0 Å². The van der Waals surface area contributed by atoms with E-state index in [2.05, 4.69) is 20.1 Å². The van der Waals surface area contributed by atoms with Gasteiger partial charge < -0.3 is 9.84 Å². The maximum Gasteiger partial charge on any atom is 0.247 e. The van der Waals surface area contributed by atoms with Crippen LogP contribution in [0.3, 0.4) is 0 Å². The summed E-state index contributed by atoms with van der Waals surface area (Å²) in [5.41, 5.74) is 1.88. The number of anilines is 1. The van der Waals surface area contributed by atoms with Gasteiger partial charge >= 0.3 is 0 Å². The molecule has 2 N–H and O–H groups in total. The van der Waals surface area contributed by atoms with Crippen molar-refractivity contribution < 1.29 is 17.7 Å². The first-order valence-corrected chi connectivity index (χ1v) is 12.9. The number of nitrogens with one attached hydrogen (secondary N) is 2. The molecule has 3 aromatic rings. The third-order valence-electron chi connectivity index (χ3n) is 6.05. The standard InChI is InChI=1S/C25H30N4O4S/c1-18-10-12-22(13-11-18)34(31,32)26-16-20-7-6-14-29(17-20)24(21-8-4-3-5-9-21)25(30)27-23-15-19(2)33-28-23/h3-5,8-13,15,20,24,26H,6-7,14,16-17H2,1-2H3,(H,27,28,30). The summed E-state index contributed by atoms with van der Waals surface area (Å²) in [6.07, 6.45) is 1.76. The Morgan fingerprint density at radius 2 is 1.88 bits per heavy atom. The largest absolute Gasteiger partial charge is 0.360 e. The first-order valence-electron chi connectivity index (χ1n) is 11.4. The zero-order chi connectivity index (χ0) is 24.1. The van der Waals surface area contributed by atoms with Gasteiger partial charge in [0.15, 0.2) is 5.82 Å². The summed E-state index contributed by atoms with van der Waals surface area (Å²) in [6.45, 7) is 5.35. The molecule has 0 aliphatic carbocycles. The molecular formula is C25H30N4O4S. The highest BCUT2D eigenvalue weighted by Crippen LogP contribution is 2.28. The molecule has 2 heterocycles. The average molecular weight is 483 g/mol. The van der Waals surface area contributed by atoms with Gasteiger partial charge in [0.25, 0.3) is 0 Å². The van der Waals surface area contributed by atoms with Crippen LogP contribution in [-0.4, -0.2) is 44.0 Å². The summed E-state index contributed by atoms with van der Waals surface area (Å²) < 4.78 is 33.3. The van der Waals surface area contributed by atoms with Crippen molar-refractivity contribution in [3.05, 3.63) is 77.6 Å². The molecule has 1 aliphatic rings. The molecule has 1 aliphatic heterocycles. The third kappa shape index (κ3) is 5.91. The van der Waals surface area contributed by atoms with Crippen molar-refractivity contribution in [2.24, 2.45) is 5.92 Å². The van der Waals surface area contributed by atoms with Crippen molar-refractivity contribution in [2.75, 3.05) is 25.0 Å². The van der Waals surface area contributed by atoms with Gasteiger partial charge in [-0.05, 0) is 56.8 Å². The van der Waals surface area contributed by atoms with Crippen LogP contribution in [0.5, 0.6) is 0 Å². The predicted molar refractivity (Wildman–Crippen MR) is 130 cm³/mol. The molecule has 0 saturated carbocycles. The fourth-order valence-electron chi connectivity index (χ4n) is 4.31. The van der Waals surface area contributed by atoms with E-state index in [9.17, 15) is 13.2 Å². The summed E-state index contributed by atoms with van der Waals surface area (Å²) in [7, 11) is -3.59. The van der Waals surface area contributed by atoms with Crippen molar-refractivity contribution in [3.63, 3.8) is 0 Å². The zero-order valence-corrected chi connectivity index (χ0v) is 20.2. The van der Waals surface area contributed by atoms with E-state index in [-0.39, 0.29) is 16.7 Å². The molecule has 1 aromatic heterocycles. The van der Waals surface area contributed by atoms with E-state index < -0.39 is 16.1 Å². The van der Waals surface area contributed by atoms with Crippen LogP contribution in [0.2, 0.25) is 0 Å². The second-order valence-electron chi connectivity index (χ2n) is 8.79. The predicted octanol–water partition coefficient (Wildman–Crippen LogP) is 3.66. The van der Waals surface area contributed by atoms with Gasteiger partial charge in [0.2, 0.25) is 15.9 Å². The van der Waals surface area contributed by atoms with Gasteiger partial charge in [-0.2, -0.15) is 0 Å². The van der Waals surface area contributed by atoms with E-state index >= 15 is 0 Å². The first-order chi connectivity index (χ1) is 16.3. The molecule has 34 heavy (non-hydrogen) atoms. The Morgan fingerprint density at radius 1 is 1.15 bits per heavy atom. The van der Waals surface area contributed by atoms with Crippen molar-refractivity contribution in [1.82, 2.24) is 14.8 Å². The average Bonchev–Trinajstić information content (AvgIpc) is 3.23. The quantitative estimate of drug-likeness (QED) is 0.508. The molecule has 8 nitrogen and oxygen atoms in total. The number of aromatic nitrogens is 1. The summed E-state index contributed by atoms with van der Waals surface area (Å²) in [5.74, 6) is 0.885. The molecule has 180 valence electrons. The van der Waals surface area contributed by atoms with Crippen molar-refractivity contribution >= 4 is 21.7 Å². The Labute approximate surface area is 200 Å². The maximum atomic E-state index is 13.3. The molecule has 1 amide bonds. The number of likely N-dealkylation sites (tertiary alicyclic amines) is 1. The fraction of sp³-hybridized carbons (Fsp3) is 0.360. The van der Waals surface area contributed by atoms with Crippen LogP contribution in [-0.2, 0) is 14.8 Å². The lowest BCUT2D eigenvalue weighted by Crippen LogP contribution is -2.45. The van der Waals surface area contributed by atoms with Gasteiger partial charge in [-0.3, -0.25) is 9.69 Å². The second kappa shape index (κ2) is 10.5. The third-order valence-corrected chi connectivity index (χ3v) is 7.49. The number of benzene rings is 2. The monoisotopic (exact) mass is 482 g/mol. The molecule has 2 aromatic carbocycles. The van der Waals surface area contributed by atoms with Gasteiger partial charge in [-0.1, -0.05) is 53.2 Å². The number of piperidine rings is 1. The molecule has 4 rings (SSSR count). The van der Waals surface area contributed by atoms with E-state index in [1.807, 2.05) is 37.3 Å². The Morgan fingerprint density at radius 3 is 2.56 bits per heavy atom. The molecule has 2 atom stereocenters. The summed E-state index contributed by atoms with van der Waals surface area (Å²) in [4.78, 5) is 15.7. The number of amides is 1. The number of hydrogen-bond donors (Lipinski definition) is 2. The lowest BCUT2D eigenvalue weighted by molar-refractivity contribution is -0.122. The molecule has 0 bridgehead atoms. The second-order valence-corrected chi connectivity index (χ2v) is 10.6. The summed E-state index contributed by atoms with van der Waals surface area (Å²) in [5, 5.41) is 6.74. The van der Waals surface area contributed by atoms with Gasteiger partial charge in [0, 0.05) is 19.2 Å². The fourth-order valence-corrected chi connectivity index (χ4v) is 5.43. The normalized spacial score (nSPS) is 17.9. The highest BCUT2D eigenvalue weighted by Gasteiger charge is 2.32. The smallest absolute Gasteiger partial charge is 0.247 e. The van der Waals surface area contributed by atoms with Crippen LogP contribution in [0.4, 0.5) is 5.82 Å². The van der Waals surface area contributed by atoms with Crippen LogP contribution in [0.25, 0.3) is 0 Å². The molecule has 9 heteroatoms. The summed E-state index contributed by atoms with van der Waals surface area (Å²) >= 11 is 0. The molecule has 2 unspecified atom stereocenters. The van der Waals surface area contributed by atoms with Crippen LogP contribution < -0.4 is 10.0 Å². The summed E-state index contributed by atoms with van der Waals surface area (Å²) in [6, 6.07) is 17.6. The van der Waals surface area contributed by atoms with E-state index in [0.717, 1.165) is 30.5 Å². The Hall–Kier alpha value is -3.01. The maximum absolute atomic E-state index is 13.3. The number of carbonyl (C=O) groups is 1. The number of nitrogens with zero attached hydrogens (tertiary/aromatic N) is 2. The number of hydrogen-bond acceptors (Lipinski definition) is 6. The molecule has 0 radical (unpaired) electrons. The minimum absolute atomic E-state index is 0.0854. The van der Waals surface area contributed by atoms with E-state index in [1.165, 1.54) is 0 Å². The van der Waals surface area contributed by atoms with Gasteiger partial charge in [-0.25, -0.2) is 13.1 Å². The minimum Gasteiger partial charge on any atom is -0.360 e. The Bertz CT molecular complexity index is 1210. The Kier molecular flexibility index (Phi) is 7.45. The highest BCUT2D eigenvalue weighted by atomic mass is 32.2. The van der Waals surface area contributed by atoms with Crippen LogP contribution in [0.1, 0.15) is 35.8 Å². The van der Waals surface area contributed by atoms with Crippen molar-refractivity contribution in [2.45, 2.75) is 37.6 Å². The zero-order valence-electron chi connectivity index (χ0n) is 19.4. The van der Waals surface area contributed by atoms with Crippen molar-refractivity contribution in [1.29, 1.82) is 0 Å². The Balaban J connectivity index is 1.46. The molecule has 1 fully saturated rings. The van der Waals surface area contributed by atoms with Crippen LogP contribution in [0, 0.1) is 19.8 Å². The number of aryl methyl sites for hydroxylation is 2. The lowest BCUT2D eigenvalue weighted by atomic mass is 9.94. The first kappa shape index (κ1) is 24.1. The number of sulfonamides is 1. The highest BCUT2D eigenvalue weighted by molar-refractivity contribution is 7.89. The van der Waals surface area contributed by atoms with Crippen molar-refractivity contribution in [3.8, 4) is 0 Å². The lowest BCUT2D eigenvalue weighted by Gasteiger charge is -2.37. The number of rotatable bonds is 8. The minimum atomic E-state index is -3.59. The van der Waals surface area contributed by atoms with Crippen LogP contribution >= 0.6 is 0 Å². The number of carbonyl (C=O) groups excluding carboxylic acids is 1. The van der Waals surface area contributed by atoms with Gasteiger partial charge in [0.05, 0.1) is 4.90 Å². The van der Waals surface area contributed by atoms with E-state index in [0.29, 0.717) is 24.7 Å². The van der Waals surface area contributed by atoms with Crippen LogP contribution in [0.15, 0.2) is 70.1 Å². The topological polar surface area (TPSA) is 105 Å². The van der Waals surface area contributed by atoms with E-state index in [1.54, 1.807) is 37.3 Å². The molecule has 1 saturated heterocycles. The molecule has 0 spiro atoms. The SMILES string of the molecule is Cc1ccc(S(=O)(=O)NCC2CCCN(C(C(=O)Nc3cc(C)on3)c3ccccc3)C2)cc1. The van der Waals surface area contributed by atoms with Gasteiger partial charge in [0.1, 0.15) is 11.8 Å². The van der Waals surface area contributed by atoms with E-state index in [4.69, 9.17) is 4.52 Å². The molecular weight excluding hydrogens is 452 g/mol.